The quantitative estimate of drug-likeness (QED) is 0.643. The van der Waals surface area contributed by atoms with Crippen LogP contribution in [0.25, 0.3) is 10.8 Å². The van der Waals surface area contributed by atoms with Gasteiger partial charge in [-0.05, 0) is 53.9 Å². The summed E-state index contributed by atoms with van der Waals surface area (Å²) in [6.07, 6.45) is 0.112. The standard InChI is InChI=1S/C23H25NO4/c1-16(28-20-10-9-18-6-4-5-7-19(18)15-20)23(25)24-13-12-17-8-11-21(26-2)22(14-17)27-3/h4-11,14-16H,12-13H2,1-3H3,(H,24,25)/t16-/m1/s1. The van der Waals surface area contributed by atoms with Crippen LogP contribution in [0.4, 0.5) is 0 Å². The summed E-state index contributed by atoms with van der Waals surface area (Å²) in [5.74, 6) is 1.90. The fourth-order valence-corrected chi connectivity index (χ4v) is 3.01. The van der Waals surface area contributed by atoms with Gasteiger partial charge in [0, 0.05) is 6.54 Å². The van der Waals surface area contributed by atoms with Crippen molar-refractivity contribution in [3.63, 3.8) is 0 Å². The van der Waals surface area contributed by atoms with Crippen LogP contribution in [0.15, 0.2) is 60.7 Å². The normalized spacial score (nSPS) is 11.7. The second-order valence-electron chi connectivity index (χ2n) is 6.50. The van der Waals surface area contributed by atoms with Crippen LogP contribution < -0.4 is 19.5 Å². The first-order valence-electron chi connectivity index (χ1n) is 9.25. The Morgan fingerprint density at radius 1 is 0.929 bits per heavy atom. The Kier molecular flexibility index (Phi) is 6.37. The van der Waals surface area contributed by atoms with Crippen molar-refractivity contribution in [3.05, 3.63) is 66.2 Å². The van der Waals surface area contributed by atoms with Crippen LogP contribution in [0.3, 0.4) is 0 Å². The van der Waals surface area contributed by atoms with Crippen molar-refractivity contribution in [1.29, 1.82) is 0 Å². The predicted octanol–water partition coefficient (Wildman–Crippen LogP) is 3.98. The molecule has 3 aromatic carbocycles. The zero-order chi connectivity index (χ0) is 19.9. The van der Waals surface area contributed by atoms with E-state index in [0.29, 0.717) is 30.2 Å². The summed E-state index contributed by atoms with van der Waals surface area (Å²) < 4.78 is 16.3. The largest absolute Gasteiger partial charge is 0.493 e. The van der Waals surface area contributed by atoms with Crippen molar-refractivity contribution in [2.24, 2.45) is 0 Å². The fourth-order valence-electron chi connectivity index (χ4n) is 3.01. The second kappa shape index (κ2) is 9.13. The van der Waals surface area contributed by atoms with Gasteiger partial charge in [0.2, 0.25) is 0 Å². The van der Waals surface area contributed by atoms with Crippen LogP contribution in [0, 0.1) is 0 Å². The monoisotopic (exact) mass is 379 g/mol. The van der Waals surface area contributed by atoms with Crippen LogP contribution in [0.5, 0.6) is 17.2 Å². The first-order chi connectivity index (χ1) is 13.6. The maximum atomic E-state index is 12.3. The molecule has 3 rings (SSSR count). The first kappa shape index (κ1) is 19.5. The molecule has 0 saturated carbocycles. The highest BCUT2D eigenvalue weighted by atomic mass is 16.5. The van der Waals surface area contributed by atoms with Crippen molar-refractivity contribution in [3.8, 4) is 17.2 Å². The lowest BCUT2D eigenvalue weighted by molar-refractivity contribution is -0.127. The molecule has 5 heteroatoms. The fraction of sp³-hybridized carbons (Fsp3) is 0.261. The minimum atomic E-state index is -0.577. The highest BCUT2D eigenvalue weighted by Gasteiger charge is 2.14. The van der Waals surface area contributed by atoms with Gasteiger partial charge in [-0.3, -0.25) is 4.79 Å². The molecule has 0 fully saturated rings. The van der Waals surface area contributed by atoms with Gasteiger partial charge in [0.25, 0.3) is 5.91 Å². The molecule has 3 aromatic rings. The van der Waals surface area contributed by atoms with E-state index < -0.39 is 6.10 Å². The number of hydrogen-bond donors (Lipinski definition) is 1. The lowest BCUT2D eigenvalue weighted by Gasteiger charge is -2.15. The molecular formula is C23H25NO4. The van der Waals surface area contributed by atoms with Crippen molar-refractivity contribution in [2.45, 2.75) is 19.4 Å². The van der Waals surface area contributed by atoms with Gasteiger partial charge in [-0.1, -0.05) is 36.4 Å². The van der Waals surface area contributed by atoms with E-state index in [2.05, 4.69) is 5.32 Å². The molecule has 0 heterocycles. The zero-order valence-electron chi connectivity index (χ0n) is 16.4. The highest BCUT2D eigenvalue weighted by Crippen LogP contribution is 2.27. The van der Waals surface area contributed by atoms with E-state index in [0.717, 1.165) is 16.3 Å². The molecule has 0 bridgehead atoms. The topological polar surface area (TPSA) is 56.8 Å². The number of benzene rings is 3. The van der Waals surface area contributed by atoms with E-state index >= 15 is 0 Å². The van der Waals surface area contributed by atoms with E-state index in [1.807, 2.05) is 60.7 Å². The van der Waals surface area contributed by atoms with E-state index in [4.69, 9.17) is 14.2 Å². The molecule has 1 amide bonds. The highest BCUT2D eigenvalue weighted by molar-refractivity contribution is 5.84. The van der Waals surface area contributed by atoms with Crippen LogP contribution in [0.1, 0.15) is 12.5 Å². The summed E-state index contributed by atoms with van der Waals surface area (Å²) in [6, 6.07) is 19.6. The van der Waals surface area contributed by atoms with Gasteiger partial charge in [0.05, 0.1) is 14.2 Å². The van der Waals surface area contributed by atoms with E-state index in [1.165, 1.54) is 0 Å². The number of hydrogen-bond acceptors (Lipinski definition) is 4. The molecule has 146 valence electrons. The number of carbonyl (C=O) groups is 1. The average molecular weight is 379 g/mol. The summed E-state index contributed by atoms with van der Waals surface area (Å²) in [7, 11) is 3.21. The lowest BCUT2D eigenvalue weighted by Crippen LogP contribution is -2.37. The third kappa shape index (κ3) is 4.74. The minimum absolute atomic E-state index is 0.145. The molecule has 0 radical (unpaired) electrons. The Labute approximate surface area is 165 Å². The van der Waals surface area contributed by atoms with Gasteiger partial charge in [-0.25, -0.2) is 0 Å². The molecule has 1 N–H and O–H groups in total. The van der Waals surface area contributed by atoms with Crippen LogP contribution in [-0.2, 0) is 11.2 Å². The zero-order valence-corrected chi connectivity index (χ0v) is 16.4. The third-order valence-electron chi connectivity index (χ3n) is 4.56. The van der Waals surface area contributed by atoms with Crippen LogP contribution in [0.2, 0.25) is 0 Å². The number of amides is 1. The Morgan fingerprint density at radius 3 is 2.43 bits per heavy atom. The lowest BCUT2D eigenvalue weighted by atomic mass is 10.1. The Hall–Kier alpha value is -3.21. The molecule has 28 heavy (non-hydrogen) atoms. The summed E-state index contributed by atoms with van der Waals surface area (Å²) in [6.45, 7) is 2.26. The van der Waals surface area contributed by atoms with Crippen LogP contribution in [-0.4, -0.2) is 32.8 Å². The van der Waals surface area contributed by atoms with Crippen molar-refractivity contribution >= 4 is 16.7 Å². The molecule has 0 aliphatic rings. The SMILES string of the molecule is COc1ccc(CCNC(=O)[C@@H](C)Oc2ccc3ccccc3c2)cc1OC. The number of carbonyl (C=O) groups excluding carboxylic acids is 1. The molecular weight excluding hydrogens is 354 g/mol. The van der Waals surface area contributed by atoms with E-state index in [1.54, 1.807) is 21.1 Å². The summed E-state index contributed by atoms with van der Waals surface area (Å²) >= 11 is 0. The van der Waals surface area contributed by atoms with E-state index in [9.17, 15) is 4.79 Å². The van der Waals surface area contributed by atoms with Gasteiger partial charge >= 0.3 is 0 Å². The number of ether oxygens (including phenoxy) is 3. The van der Waals surface area contributed by atoms with Gasteiger partial charge < -0.3 is 19.5 Å². The van der Waals surface area contributed by atoms with Gasteiger partial charge in [0.15, 0.2) is 17.6 Å². The first-order valence-corrected chi connectivity index (χ1v) is 9.25. The smallest absolute Gasteiger partial charge is 0.260 e. The van der Waals surface area contributed by atoms with Crippen molar-refractivity contribution in [2.75, 3.05) is 20.8 Å². The predicted molar refractivity (Wildman–Crippen MR) is 110 cm³/mol. The molecule has 0 unspecified atom stereocenters. The number of fused-ring (bicyclic) bond motifs is 1. The Balaban J connectivity index is 1.52. The van der Waals surface area contributed by atoms with Gasteiger partial charge in [-0.2, -0.15) is 0 Å². The average Bonchev–Trinajstić information content (AvgIpc) is 2.73. The van der Waals surface area contributed by atoms with Crippen LogP contribution >= 0.6 is 0 Å². The summed E-state index contributed by atoms with van der Waals surface area (Å²) in [5.41, 5.74) is 1.06. The Morgan fingerprint density at radius 2 is 1.68 bits per heavy atom. The summed E-state index contributed by atoms with van der Waals surface area (Å²) in [5, 5.41) is 5.14. The number of nitrogens with one attached hydrogen (secondary N) is 1. The molecule has 0 aromatic heterocycles. The molecule has 0 aliphatic heterocycles. The Bertz CT molecular complexity index is 954. The van der Waals surface area contributed by atoms with Crippen molar-refractivity contribution in [1.82, 2.24) is 5.32 Å². The molecule has 1 atom stereocenters. The maximum Gasteiger partial charge on any atom is 0.260 e. The molecule has 5 nitrogen and oxygen atoms in total. The van der Waals surface area contributed by atoms with E-state index in [-0.39, 0.29) is 5.91 Å². The summed E-state index contributed by atoms with van der Waals surface area (Å²) in [4.78, 5) is 12.3. The molecule has 0 spiro atoms. The molecule has 0 saturated heterocycles. The number of methoxy groups -OCH3 is 2. The van der Waals surface area contributed by atoms with Gasteiger partial charge in [0.1, 0.15) is 5.75 Å². The minimum Gasteiger partial charge on any atom is -0.493 e. The number of rotatable bonds is 8. The third-order valence-corrected chi connectivity index (χ3v) is 4.56. The van der Waals surface area contributed by atoms with Gasteiger partial charge in [-0.15, -0.1) is 0 Å². The van der Waals surface area contributed by atoms with Crippen molar-refractivity contribution < 1.29 is 19.0 Å². The molecule has 0 aliphatic carbocycles. The maximum absolute atomic E-state index is 12.3. The second-order valence-corrected chi connectivity index (χ2v) is 6.50.